The van der Waals surface area contributed by atoms with Crippen molar-refractivity contribution < 1.29 is 4.79 Å². The van der Waals surface area contributed by atoms with Gasteiger partial charge < -0.3 is 5.32 Å². The topological polar surface area (TPSA) is 32.3 Å². The second kappa shape index (κ2) is 6.55. The fourth-order valence-electron chi connectivity index (χ4n) is 2.59. The van der Waals surface area contributed by atoms with Crippen molar-refractivity contribution in [2.45, 2.75) is 26.3 Å². The molecule has 1 heterocycles. The first-order valence-electron chi connectivity index (χ1n) is 6.75. The molecule has 0 saturated carbocycles. The van der Waals surface area contributed by atoms with Gasteiger partial charge in [-0.1, -0.05) is 30.3 Å². The van der Waals surface area contributed by atoms with Gasteiger partial charge in [-0.05, 0) is 30.9 Å². The van der Waals surface area contributed by atoms with Crippen LogP contribution in [0.25, 0.3) is 0 Å². The number of piperidine rings is 1. The minimum Gasteiger partial charge on any atom is -0.356 e. The van der Waals surface area contributed by atoms with Gasteiger partial charge in [-0.15, -0.1) is 0 Å². The van der Waals surface area contributed by atoms with Gasteiger partial charge in [-0.3, -0.25) is 9.69 Å². The monoisotopic (exact) mass is 246 g/mol. The molecule has 1 fully saturated rings. The minimum absolute atomic E-state index is 0.0789. The van der Waals surface area contributed by atoms with E-state index in [0.717, 1.165) is 19.6 Å². The quantitative estimate of drug-likeness (QED) is 0.881. The Hall–Kier alpha value is -1.35. The van der Waals surface area contributed by atoms with E-state index in [9.17, 15) is 4.79 Å². The standard InChI is InChI=1S/C15H22N2O/c1-13(18)16-10-15-8-5-9-17(12-15)11-14-6-3-2-4-7-14/h2-4,6-7,15H,5,8-12H2,1H3,(H,16,18). The molecule has 0 aliphatic carbocycles. The van der Waals surface area contributed by atoms with Crippen LogP contribution in [0.1, 0.15) is 25.3 Å². The Morgan fingerprint density at radius 2 is 2.17 bits per heavy atom. The zero-order valence-electron chi connectivity index (χ0n) is 11.1. The molecule has 1 aliphatic rings. The lowest BCUT2D eigenvalue weighted by atomic mass is 9.97. The van der Waals surface area contributed by atoms with Gasteiger partial charge in [0.1, 0.15) is 0 Å². The predicted molar refractivity (Wildman–Crippen MR) is 73.1 cm³/mol. The second-order valence-corrected chi connectivity index (χ2v) is 5.17. The smallest absolute Gasteiger partial charge is 0.216 e. The summed E-state index contributed by atoms with van der Waals surface area (Å²) in [5.41, 5.74) is 1.37. The third-order valence-electron chi connectivity index (χ3n) is 3.49. The highest BCUT2D eigenvalue weighted by Gasteiger charge is 2.19. The molecule has 1 aromatic carbocycles. The van der Waals surface area contributed by atoms with E-state index in [0.29, 0.717) is 5.92 Å². The molecule has 1 atom stereocenters. The first kappa shape index (κ1) is 13.1. The Labute approximate surface area is 109 Å². The van der Waals surface area contributed by atoms with E-state index in [1.165, 1.54) is 24.9 Å². The Morgan fingerprint density at radius 3 is 2.89 bits per heavy atom. The number of nitrogens with one attached hydrogen (secondary N) is 1. The number of carbonyl (C=O) groups excluding carboxylic acids is 1. The molecule has 18 heavy (non-hydrogen) atoms. The Balaban J connectivity index is 1.81. The lowest BCUT2D eigenvalue weighted by molar-refractivity contribution is -0.119. The Bertz CT molecular complexity index is 377. The van der Waals surface area contributed by atoms with E-state index in [1.54, 1.807) is 6.92 Å². The summed E-state index contributed by atoms with van der Waals surface area (Å²) in [7, 11) is 0. The van der Waals surface area contributed by atoms with Crippen LogP contribution in [0.15, 0.2) is 30.3 Å². The van der Waals surface area contributed by atoms with Crippen LogP contribution in [0.4, 0.5) is 0 Å². The number of carbonyl (C=O) groups is 1. The summed E-state index contributed by atoms with van der Waals surface area (Å²) < 4.78 is 0. The van der Waals surface area contributed by atoms with Crippen molar-refractivity contribution in [3.63, 3.8) is 0 Å². The first-order chi connectivity index (χ1) is 8.74. The average molecular weight is 246 g/mol. The maximum Gasteiger partial charge on any atom is 0.216 e. The van der Waals surface area contributed by atoms with Crippen LogP contribution in [0.3, 0.4) is 0 Å². The highest BCUT2D eigenvalue weighted by atomic mass is 16.1. The second-order valence-electron chi connectivity index (χ2n) is 5.17. The highest BCUT2D eigenvalue weighted by molar-refractivity contribution is 5.72. The summed E-state index contributed by atoms with van der Waals surface area (Å²) in [5, 5.41) is 2.93. The number of rotatable bonds is 4. The maximum absolute atomic E-state index is 10.9. The van der Waals surface area contributed by atoms with Crippen molar-refractivity contribution in [1.82, 2.24) is 10.2 Å². The molecule has 98 valence electrons. The molecule has 0 aromatic heterocycles. The zero-order valence-corrected chi connectivity index (χ0v) is 11.1. The van der Waals surface area contributed by atoms with E-state index < -0.39 is 0 Å². The summed E-state index contributed by atoms with van der Waals surface area (Å²) in [5.74, 6) is 0.682. The van der Waals surface area contributed by atoms with Crippen LogP contribution >= 0.6 is 0 Å². The Morgan fingerprint density at radius 1 is 1.39 bits per heavy atom. The van der Waals surface area contributed by atoms with Crippen LogP contribution in [-0.2, 0) is 11.3 Å². The van der Waals surface area contributed by atoms with Crippen LogP contribution in [-0.4, -0.2) is 30.4 Å². The lowest BCUT2D eigenvalue weighted by Crippen LogP contribution is -2.40. The van der Waals surface area contributed by atoms with E-state index in [2.05, 4.69) is 40.5 Å². The molecule has 1 amide bonds. The fourth-order valence-corrected chi connectivity index (χ4v) is 2.59. The van der Waals surface area contributed by atoms with Gasteiger partial charge in [-0.2, -0.15) is 0 Å². The molecular formula is C15H22N2O. The summed E-state index contributed by atoms with van der Waals surface area (Å²) >= 11 is 0. The van der Waals surface area contributed by atoms with Gasteiger partial charge in [0.2, 0.25) is 5.91 Å². The Kier molecular flexibility index (Phi) is 4.76. The van der Waals surface area contributed by atoms with E-state index in [4.69, 9.17) is 0 Å². The number of hydrogen-bond donors (Lipinski definition) is 1. The molecule has 1 unspecified atom stereocenters. The molecular weight excluding hydrogens is 224 g/mol. The fraction of sp³-hybridized carbons (Fsp3) is 0.533. The molecule has 1 aliphatic heterocycles. The van der Waals surface area contributed by atoms with Crippen LogP contribution < -0.4 is 5.32 Å². The van der Waals surface area contributed by atoms with Crippen LogP contribution in [0.2, 0.25) is 0 Å². The molecule has 2 rings (SSSR count). The van der Waals surface area contributed by atoms with Gasteiger partial charge >= 0.3 is 0 Å². The number of likely N-dealkylation sites (tertiary alicyclic amines) is 1. The highest BCUT2D eigenvalue weighted by Crippen LogP contribution is 2.17. The van der Waals surface area contributed by atoms with Crippen LogP contribution in [0.5, 0.6) is 0 Å². The molecule has 0 spiro atoms. The number of hydrogen-bond acceptors (Lipinski definition) is 2. The molecule has 1 saturated heterocycles. The van der Waals surface area contributed by atoms with Crippen molar-refractivity contribution in [2.75, 3.05) is 19.6 Å². The molecule has 0 bridgehead atoms. The van der Waals surface area contributed by atoms with Gasteiger partial charge in [0.05, 0.1) is 0 Å². The SMILES string of the molecule is CC(=O)NCC1CCCN(Cc2ccccc2)C1. The summed E-state index contributed by atoms with van der Waals surface area (Å²) in [4.78, 5) is 13.4. The lowest BCUT2D eigenvalue weighted by Gasteiger charge is -2.32. The number of amides is 1. The normalized spacial score (nSPS) is 20.6. The van der Waals surface area contributed by atoms with Crippen molar-refractivity contribution in [3.05, 3.63) is 35.9 Å². The molecule has 3 nitrogen and oxygen atoms in total. The third-order valence-corrected chi connectivity index (χ3v) is 3.49. The molecule has 3 heteroatoms. The predicted octanol–water partition coefficient (Wildman–Crippen LogP) is 2.03. The maximum atomic E-state index is 10.9. The zero-order chi connectivity index (χ0) is 12.8. The van der Waals surface area contributed by atoms with Gasteiger partial charge in [0, 0.05) is 26.6 Å². The summed E-state index contributed by atoms with van der Waals surface area (Å²) in [6.45, 7) is 5.70. The van der Waals surface area contributed by atoms with E-state index in [1.807, 2.05) is 0 Å². The van der Waals surface area contributed by atoms with E-state index >= 15 is 0 Å². The number of benzene rings is 1. The van der Waals surface area contributed by atoms with Crippen molar-refractivity contribution in [3.8, 4) is 0 Å². The van der Waals surface area contributed by atoms with Gasteiger partial charge in [-0.25, -0.2) is 0 Å². The molecule has 1 N–H and O–H groups in total. The van der Waals surface area contributed by atoms with Crippen molar-refractivity contribution in [2.24, 2.45) is 5.92 Å². The average Bonchev–Trinajstić information content (AvgIpc) is 2.38. The minimum atomic E-state index is 0.0789. The van der Waals surface area contributed by atoms with Crippen molar-refractivity contribution >= 4 is 5.91 Å². The van der Waals surface area contributed by atoms with Crippen molar-refractivity contribution in [1.29, 1.82) is 0 Å². The van der Waals surface area contributed by atoms with Gasteiger partial charge in [0.15, 0.2) is 0 Å². The summed E-state index contributed by atoms with van der Waals surface area (Å²) in [6.07, 6.45) is 2.46. The van der Waals surface area contributed by atoms with Crippen LogP contribution in [0, 0.1) is 5.92 Å². The first-order valence-corrected chi connectivity index (χ1v) is 6.75. The third kappa shape index (κ3) is 4.15. The summed E-state index contributed by atoms with van der Waals surface area (Å²) in [6, 6.07) is 10.6. The molecule has 1 aromatic rings. The number of nitrogens with zero attached hydrogens (tertiary/aromatic N) is 1. The van der Waals surface area contributed by atoms with E-state index in [-0.39, 0.29) is 5.91 Å². The largest absolute Gasteiger partial charge is 0.356 e. The molecule has 0 radical (unpaired) electrons. The van der Waals surface area contributed by atoms with Gasteiger partial charge in [0.25, 0.3) is 0 Å².